The first-order chi connectivity index (χ1) is 11.2. The van der Waals surface area contributed by atoms with Crippen molar-refractivity contribution in [2.75, 3.05) is 13.2 Å². The van der Waals surface area contributed by atoms with E-state index in [0.717, 1.165) is 38.5 Å². The van der Waals surface area contributed by atoms with Crippen molar-refractivity contribution >= 4 is 11.8 Å². The Morgan fingerprint density at radius 3 is 2.70 bits per heavy atom. The first-order valence-electron chi connectivity index (χ1n) is 8.49. The van der Waals surface area contributed by atoms with Crippen LogP contribution < -0.4 is 10.6 Å². The van der Waals surface area contributed by atoms with Crippen molar-refractivity contribution < 1.29 is 14.7 Å². The maximum Gasteiger partial charge on any atom is 0.251 e. The predicted octanol–water partition coefficient (Wildman–Crippen LogP) is 1.79. The van der Waals surface area contributed by atoms with Crippen LogP contribution in [0.15, 0.2) is 24.3 Å². The molecule has 0 unspecified atom stereocenters. The van der Waals surface area contributed by atoms with E-state index in [0.29, 0.717) is 18.5 Å². The van der Waals surface area contributed by atoms with Crippen LogP contribution in [0.25, 0.3) is 0 Å². The molecule has 1 heterocycles. The minimum absolute atomic E-state index is 0.0867. The lowest BCUT2D eigenvalue weighted by atomic mass is 10.0. The molecule has 0 aliphatic carbocycles. The van der Waals surface area contributed by atoms with Gasteiger partial charge in [0.25, 0.3) is 5.91 Å². The highest BCUT2D eigenvalue weighted by Crippen LogP contribution is 2.11. The molecule has 1 aromatic carbocycles. The normalized spacial score (nSPS) is 18.1. The van der Waals surface area contributed by atoms with E-state index in [4.69, 9.17) is 5.11 Å². The number of hydrogen-bond acceptors (Lipinski definition) is 3. The van der Waals surface area contributed by atoms with Gasteiger partial charge in [-0.15, -0.1) is 0 Å². The second-order valence-electron chi connectivity index (χ2n) is 6.04. The van der Waals surface area contributed by atoms with Crippen LogP contribution in [-0.4, -0.2) is 36.1 Å². The zero-order valence-electron chi connectivity index (χ0n) is 13.5. The Kier molecular flexibility index (Phi) is 7.07. The molecule has 2 amide bonds. The Morgan fingerprint density at radius 2 is 1.96 bits per heavy atom. The van der Waals surface area contributed by atoms with Gasteiger partial charge in [-0.3, -0.25) is 9.59 Å². The van der Waals surface area contributed by atoms with E-state index in [2.05, 4.69) is 10.6 Å². The maximum atomic E-state index is 12.3. The van der Waals surface area contributed by atoms with Gasteiger partial charge in [-0.05, 0) is 56.2 Å². The molecule has 0 spiro atoms. The highest BCUT2D eigenvalue weighted by atomic mass is 16.3. The zero-order chi connectivity index (χ0) is 16.5. The highest BCUT2D eigenvalue weighted by molar-refractivity contribution is 5.97. The summed E-state index contributed by atoms with van der Waals surface area (Å²) in [5.41, 5.74) is 1.77. The third-order valence-electron chi connectivity index (χ3n) is 4.18. The molecular weight excluding hydrogens is 292 g/mol. The summed E-state index contributed by atoms with van der Waals surface area (Å²) in [5.74, 6) is -0.282. The number of carbonyl (C=O) groups is 2. The molecule has 2 rings (SSSR count). The number of aliphatic hydroxyl groups is 1. The fourth-order valence-electron chi connectivity index (χ4n) is 2.76. The molecule has 5 nitrogen and oxygen atoms in total. The molecule has 126 valence electrons. The number of nitrogens with one attached hydrogen (secondary N) is 2. The molecular formula is C18H26N2O3. The first-order valence-corrected chi connectivity index (χ1v) is 8.49. The van der Waals surface area contributed by atoms with Gasteiger partial charge in [-0.1, -0.05) is 18.6 Å². The summed E-state index contributed by atoms with van der Waals surface area (Å²) in [6.45, 7) is 0.935. The van der Waals surface area contributed by atoms with Gasteiger partial charge >= 0.3 is 0 Å². The van der Waals surface area contributed by atoms with Crippen molar-refractivity contribution in [3.63, 3.8) is 0 Å². The van der Waals surface area contributed by atoms with E-state index in [1.807, 2.05) is 24.3 Å². The summed E-state index contributed by atoms with van der Waals surface area (Å²) >= 11 is 0. The van der Waals surface area contributed by atoms with Gasteiger partial charge in [-0.2, -0.15) is 0 Å². The van der Waals surface area contributed by atoms with Gasteiger partial charge in [0.05, 0.1) is 0 Å². The molecule has 1 aliphatic rings. The summed E-state index contributed by atoms with van der Waals surface area (Å²) in [5, 5.41) is 14.4. The summed E-state index contributed by atoms with van der Waals surface area (Å²) in [6, 6.07) is 7.11. The van der Waals surface area contributed by atoms with Crippen LogP contribution in [0.2, 0.25) is 0 Å². The monoisotopic (exact) mass is 318 g/mol. The van der Waals surface area contributed by atoms with Crippen LogP contribution in [0.1, 0.15) is 54.4 Å². The Bertz CT molecular complexity index is 514. The van der Waals surface area contributed by atoms with Gasteiger partial charge in [0.15, 0.2) is 0 Å². The van der Waals surface area contributed by atoms with Gasteiger partial charge < -0.3 is 15.7 Å². The second-order valence-corrected chi connectivity index (χ2v) is 6.04. The zero-order valence-corrected chi connectivity index (χ0v) is 13.5. The molecule has 0 radical (unpaired) electrons. The fourth-order valence-corrected chi connectivity index (χ4v) is 2.76. The van der Waals surface area contributed by atoms with Crippen LogP contribution in [0, 0.1) is 0 Å². The van der Waals surface area contributed by atoms with Crippen LogP contribution in [0.5, 0.6) is 0 Å². The number of hydrogen-bond donors (Lipinski definition) is 3. The molecule has 1 fully saturated rings. The maximum absolute atomic E-state index is 12.3. The van der Waals surface area contributed by atoms with Gasteiger partial charge in [-0.25, -0.2) is 0 Å². The number of rotatable bonds is 7. The average molecular weight is 318 g/mol. The Hall–Kier alpha value is -1.88. The van der Waals surface area contributed by atoms with Crippen LogP contribution >= 0.6 is 0 Å². The molecule has 0 saturated carbocycles. The Morgan fingerprint density at radius 1 is 1.17 bits per heavy atom. The number of aryl methyl sites for hydroxylation is 1. The van der Waals surface area contributed by atoms with E-state index in [9.17, 15) is 9.59 Å². The Labute approximate surface area is 137 Å². The molecule has 0 bridgehead atoms. The van der Waals surface area contributed by atoms with Crippen molar-refractivity contribution in [3.8, 4) is 0 Å². The molecule has 0 aromatic heterocycles. The topological polar surface area (TPSA) is 78.4 Å². The highest BCUT2D eigenvalue weighted by Gasteiger charge is 2.22. The van der Waals surface area contributed by atoms with Crippen molar-refractivity contribution in [1.29, 1.82) is 0 Å². The average Bonchev–Trinajstić information content (AvgIpc) is 2.77. The van der Waals surface area contributed by atoms with E-state index in [1.54, 1.807) is 0 Å². The summed E-state index contributed by atoms with van der Waals surface area (Å²) in [6.07, 6.45) is 6.43. The van der Waals surface area contributed by atoms with E-state index < -0.39 is 6.04 Å². The van der Waals surface area contributed by atoms with Crippen molar-refractivity contribution in [2.24, 2.45) is 0 Å². The summed E-state index contributed by atoms with van der Waals surface area (Å²) < 4.78 is 0. The minimum atomic E-state index is -0.428. The molecule has 3 N–H and O–H groups in total. The smallest absolute Gasteiger partial charge is 0.251 e. The number of unbranched alkanes of at least 4 members (excludes halogenated alkanes) is 2. The third-order valence-corrected chi connectivity index (χ3v) is 4.18. The van der Waals surface area contributed by atoms with Crippen LogP contribution in [-0.2, 0) is 11.2 Å². The van der Waals surface area contributed by atoms with Crippen molar-refractivity contribution in [1.82, 2.24) is 10.6 Å². The van der Waals surface area contributed by atoms with E-state index in [-0.39, 0.29) is 18.4 Å². The van der Waals surface area contributed by atoms with Crippen LogP contribution in [0.4, 0.5) is 0 Å². The summed E-state index contributed by atoms with van der Waals surface area (Å²) in [7, 11) is 0. The molecule has 1 atom stereocenters. The van der Waals surface area contributed by atoms with Gasteiger partial charge in [0, 0.05) is 18.7 Å². The molecule has 1 aromatic rings. The summed E-state index contributed by atoms with van der Waals surface area (Å²) in [4.78, 5) is 24.1. The van der Waals surface area contributed by atoms with Gasteiger partial charge in [0.2, 0.25) is 5.91 Å². The second kappa shape index (κ2) is 9.30. The number of carbonyl (C=O) groups excluding carboxylic acids is 2. The molecule has 5 heteroatoms. The molecule has 1 aliphatic heterocycles. The first kappa shape index (κ1) is 17.5. The molecule has 23 heavy (non-hydrogen) atoms. The number of amides is 2. The van der Waals surface area contributed by atoms with Gasteiger partial charge in [0.1, 0.15) is 6.04 Å². The quantitative estimate of drug-likeness (QED) is 0.671. The lowest BCUT2D eigenvalue weighted by Gasteiger charge is -2.15. The minimum Gasteiger partial charge on any atom is -0.396 e. The SMILES string of the molecule is O=C(N[C@H]1CCCCNC1=O)c1ccc(CCCCCO)cc1. The lowest BCUT2D eigenvalue weighted by molar-refractivity contribution is -0.122. The van der Waals surface area contributed by atoms with E-state index in [1.165, 1.54) is 5.56 Å². The lowest BCUT2D eigenvalue weighted by Crippen LogP contribution is -2.45. The predicted molar refractivity (Wildman–Crippen MR) is 89.2 cm³/mol. The fraction of sp³-hybridized carbons (Fsp3) is 0.556. The van der Waals surface area contributed by atoms with Crippen molar-refractivity contribution in [3.05, 3.63) is 35.4 Å². The number of benzene rings is 1. The van der Waals surface area contributed by atoms with Crippen molar-refractivity contribution in [2.45, 2.75) is 51.0 Å². The third kappa shape index (κ3) is 5.67. The van der Waals surface area contributed by atoms with Crippen LogP contribution in [0.3, 0.4) is 0 Å². The largest absolute Gasteiger partial charge is 0.396 e. The number of aliphatic hydroxyl groups excluding tert-OH is 1. The standard InChI is InChI=1S/C18H26N2O3/c21-13-5-1-2-6-14-8-10-15(11-9-14)17(22)20-16-7-3-4-12-19-18(16)23/h8-11,16,21H,1-7,12-13H2,(H,19,23)(H,20,22)/t16-/m0/s1. The Balaban J connectivity index is 1.85. The van der Waals surface area contributed by atoms with E-state index >= 15 is 0 Å². The molecule has 1 saturated heterocycles.